The maximum absolute atomic E-state index is 12.8. The summed E-state index contributed by atoms with van der Waals surface area (Å²) in [5.74, 6) is -0.686. The highest BCUT2D eigenvalue weighted by Gasteiger charge is 2.26. The van der Waals surface area contributed by atoms with Gasteiger partial charge in [0.15, 0.2) is 0 Å². The monoisotopic (exact) mass is 468 g/mol. The molecule has 2 aliphatic rings. The summed E-state index contributed by atoms with van der Waals surface area (Å²) in [5, 5.41) is 7.00. The fourth-order valence-electron chi connectivity index (χ4n) is 3.61. The van der Waals surface area contributed by atoms with Crippen LogP contribution in [0.2, 0.25) is 0 Å². The Bertz CT molecular complexity index is 1300. The van der Waals surface area contributed by atoms with Crippen molar-refractivity contribution < 1.29 is 18.0 Å². The van der Waals surface area contributed by atoms with Crippen molar-refractivity contribution >= 4 is 39.3 Å². The molecule has 33 heavy (non-hydrogen) atoms. The Hall–Kier alpha value is -3.44. The predicted molar refractivity (Wildman–Crippen MR) is 124 cm³/mol. The summed E-state index contributed by atoms with van der Waals surface area (Å²) in [4.78, 5) is 33.2. The molecule has 0 spiro atoms. The van der Waals surface area contributed by atoms with Crippen LogP contribution < -0.4 is 5.32 Å². The zero-order chi connectivity index (χ0) is 23.8. The third-order valence-corrected chi connectivity index (χ3v) is 7.41. The Morgan fingerprint density at radius 1 is 1.06 bits per heavy atom. The molecule has 0 unspecified atom stereocenters. The highest BCUT2D eigenvalue weighted by molar-refractivity contribution is 7.89. The summed E-state index contributed by atoms with van der Waals surface area (Å²) in [6, 6.07) is 7.42. The van der Waals surface area contributed by atoms with Gasteiger partial charge in [0.1, 0.15) is 5.82 Å². The van der Waals surface area contributed by atoms with Gasteiger partial charge < -0.3 is 5.32 Å². The lowest BCUT2D eigenvalue weighted by Crippen LogP contribution is -2.35. The van der Waals surface area contributed by atoms with Crippen molar-refractivity contribution in [3.05, 3.63) is 53.7 Å². The Morgan fingerprint density at radius 2 is 1.73 bits per heavy atom. The minimum absolute atomic E-state index is 0.0243. The first-order valence-corrected chi connectivity index (χ1v) is 12.0. The zero-order valence-electron chi connectivity index (χ0n) is 18.4. The number of hydrogen-bond acceptors (Lipinski definition) is 6. The quantitative estimate of drug-likeness (QED) is 0.690. The van der Waals surface area contributed by atoms with E-state index in [-0.39, 0.29) is 27.8 Å². The van der Waals surface area contributed by atoms with Gasteiger partial charge in [0.25, 0.3) is 17.8 Å². The molecule has 11 heteroatoms. The number of carbonyl (C=O) groups excluding carboxylic acids is 2. The fourth-order valence-corrected chi connectivity index (χ4v) is 5.13. The van der Waals surface area contributed by atoms with E-state index in [0.29, 0.717) is 24.5 Å². The zero-order valence-corrected chi connectivity index (χ0v) is 19.2. The highest BCUT2D eigenvalue weighted by atomic mass is 32.2. The maximum atomic E-state index is 12.8. The van der Waals surface area contributed by atoms with Crippen molar-refractivity contribution in [2.45, 2.75) is 38.0 Å². The maximum Gasteiger partial charge on any atom is 0.281 e. The number of aromatic nitrogens is 2. The highest BCUT2D eigenvalue weighted by Crippen LogP contribution is 2.21. The van der Waals surface area contributed by atoms with Crippen molar-refractivity contribution in [1.29, 1.82) is 0 Å². The summed E-state index contributed by atoms with van der Waals surface area (Å²) < 4.78 is 28.4. The number of piperidine rings is 1. The number of sulfonamides is 1. The van der Waals surface area contributed by atoms with E-state index in [1.165, 1.54) is 33.3 Å². The van der Waals surface area contributed by atoms with E-state index in [9.17, 15) is 18.0 Å². The van der Waals surface area contributed by atoms with Crippen molar-refractivity contribution in [2.75, 3.05) is 18.4 Å². The first-order chi connectivity index (χ1) is 15.7. The van der Waals surface area contributed by atoms with Crippen molar-refractivity contribution in [1.82, 2.24) is 14.1 Å². The molecule has 2 amide bonds. The topological polar surface area (TPSA) is 126 Å². The van der Waals surface area contributed by atoms with Gasteiger partial charge in [-0.25, -0.2) is 13.4 Å². The number of carbonyl (C=O) groups is 2. The second-order valence-corrected chi connectivity index (χ2v) is 9.86. The van der Waals surface area contributed by atoms with Gasteiger partial charge >= 0.3 is 0 Å². The van der Waals surface area contributed by atoms with Crippen molar-refractivity contribution in [2.24, 2.45) is 9.98 Å². The average Bonchev–Trinajstić information content (AvgIpc) is 3.17. The number of nitrogens with zero attached hydrogens (tertiary/aromatic N) is 5. The molecule has 0 saturated carbocycles. The van der Waals surface area contributed by atoms with Crippen LogP contribution in [0.3, 0.4) is 0 Å². The number of anilines is 1. The number of rotatable bonds is 4. The second-order valence-electron chi connectivity index (χ2n) is 7.92. The molecule has 0 aliphatic carbocycles. The molecular formula is C22H24N6O4S. The van der Waals surface area contributed by atoms with Crippen LogP contribution in [0.1, 0.15) is 42.2 Å². The van der Waals surface area contributed by atoms with Gasteiger partial charge in [0, 0.05) is 24.7 Å². The summed E-state index contributed by atoms with van der Waals surface area (Å²) in [6.45, 7) is 8.03. The third kappa shape index (κ3) is 4.55. The van der Waals surface area contributed by atoms with Gasteiger partial charge in [0.05, 0.1) is 21.9 Å². The lowest BCUT2D eigenvalue weighted by atomic mass is 10.2. The normalized spacial score (nSPS) is 17.5. The smallest absolute Gasteiger partial charge is 0.281 e. The summed E-state index contributed by atoms with van der Waals surface area (Å²) in [5.41, 5.74) is 1.47. The van der Waals surface area contributed by atoms with E-state index in [2.05, 4.69) is 27.0 Å². The van der Waals surface area contributed by atoms with E-state index in [4.69, 9.17) is 0 Å². The van der Waals surface area contributed by atoms with Crippen LogP contribution in [0.25, 0.3) is 0 Å². The van der Waals surface area contributed by atoms with E-state index in [0.717, 1.165) is 19.3 Å². The minimum atomic E-state index is -3.58. The number of nitrogens with one attached hydrogen (secondary N) is 1. The van der Waals surface area contributed by atoms with Gasteiger partial charge in [-0.2, -0.15) is 19.1 Å². The van der Waals surface area contributed by atoms with Crippen LogP contribution in [0.15, 0.2) is 57.4 Å². The Labute approximate surface area is 191 Å². The predicted octanol–water partition coefficient (Wildman–Crippen LogP) is 2.38. The van der Waals surface area contributed by atoms with Gasteiger partial charge in [-0.15, -0.1) is 0 Å². The molecule has 0 radical (unpaired) electrons. The molecule has 1 saturated heterocycles. The molecule has 4 rings (SSSR count). The van der Waals surface area contributed by atoms with Gasteiger partial charge in [0.2, 0.25) is 10.0 Å². The molecule has 0 atom stereocenters. The SMILES string of the molecule is C=C1C(=O)N=C(n2nc(C)cc2NC(=O)c2ccc(S(=O)(=O)N3CCCCC3)cc2)N=C1C. The van der Waals surface area contributed by atoms with E-state index in [1.54, 1.807) is 19.9 Å². The fraction of sp³-hybridized carbons (Fsp3) is 0.318. The van der Waals surface area contributed by atoms with Gasteiger partial charge in [-0.1, -0.05) is 13.0 Å². The first-order valence-electron chi connectivity index (χ1n) is 10.5. The molecule has 2 aromatic rings. The molecule has 172 valence electrons. The molecule has 1 N–H and O–H groups in total. The summed E-state index contributed by atoms with van der Waals surface area (Å²) in [6.07, 6.45) is 2.73. The number of aryl methyl sites for hydroxylation is 1. The van der Waals surface area contributed by atoms with Crippen LogP contribution in [0, 0.1) is 6.92 Å². The van der Waals surface area contributed by atoms with E-state index < -0.39 is 21.8 Å². The van der Waals surface area contributed by atoms with Crippen LogP contribution in [-0.2, 0) is 14.8 Å². The van der Waals surface area contributed by atoms with E-state index >= 15 is 0 Å². The first kappa shape index (κ1) is 22.7. The summed E-state index contributed by atoms with van der Waals surface area (Å²) in [7, 11) is -3.58. The summed E-state index contributed by atoms with van der Waals surface area (Å²) >= 11 is 0. The Balaban J connectivity index is 1.55. The van der Waals surface area contributed by atoms with E-state index in [1.807, 2.05) is 0 Å². The molecule has 1 aromatic heterocycles. The Kier molecular flexibility index (Phi) is 6.09. The standard InChI is InChI=1S/C22H24N6O4S/c1-14-13-19(28(26-14)22-23-16(3)15(2)20(29)25-22)24-21(30)17-7-9-18(10-8-17)33(31,32)27-11-5-4-6-12-27/h7-10,13H,2,4-6,11-12H2,1,3H3,(H,24,30). The Morgan fingerprint density at radius 3 is 2.36 bits per heavy atom. The minimum Gasteiger partial charge on any atom is -0.306 e. The van der Waals surface area contributed by atoms with Crippen LogP contribution in [0.5, 0.6) is 0 Å². The third-order valence-electron chi connectivity index (χ3n) is 5.50. The molecule has 0 bridgehead atoms. The molecule has 1 aromatic carbocycles. The van der Waals surface area contributed by atoms with Crippen LogP contribution in [-0.4, -0.2) is 59.1 Å². The molecule has 1 fully saturated rings. The van der Waals surface area contributed by atoms with Crippen molar-refractivity contribution in [3.8, 4) is 0 Å². The lowest BCUT2D eigenvalue weighted by molar-refractivity contribution is -0.113. The van der Waals surface area contributed by atoms with Crippen LogP contribution in [0.4, 0.5) is 5.82 Å². The van der Waals surface area contributed by atoms with Crippen LogP contribution >= 0.6 is 0 Å². The number of hydrogen-bond donors (Lipinski definition) is 1. The molecular weight excluding hydrogens is 444 g/mol. The van der Waals surface area contributed by atoms with Crippen molar-refractivity contribution in [3.63, 3.8) is 0 Å². The number of benzene rings is 1. The second kappa shape index (κ2) is 8.83. The molecule has 3 heterocycles. The van der Waals surface area contributed by atoms with Gasteiger partial charge in [-0.05, 0) is 51.0 Å². The molecule has 10 nitrogen and oxygen atoms in total. The lowest BCUT2D eigenvalue weighted by Gasteiger charge is -2.25. The van der Waals surface area contributed by atoms with Gasteiger partial charge in [-0.3, -0.25) is 9.59 Å². The molecule has 2 aliphatic heterocycles. The average molecular weight is 469 g/mol. The largest absolute Gasteiger partial charge is 0.306 e. The number of amides is 2. The number of aliphatic imine (C=N–C) groups is 2.